The standard InChI is InChI=1S/C13H25N7/c1-6-14-11-15-12(18(3)4)17-13(16-11)20-8-7-19(5)9-10(20)2/h10H,6-9H2,1-5H3,(H,14,15,16,17). The zero-order valence-electron chi connectivity index (χ0n) is 13.1. The van der Waals surface area contributed by atoms with Crippen LogP contribution in [0.3, 0.4) is 0 Å². The first kappa shape index (κ1) is 14.8. The van der Waals surface area contributed by atoms with Crippen molar-refractivity contribution in [3.8, 4) is 0 Å². The third-order valence-corrected chi connectivity index (χ3v) is 3.43. The molecule has 112 valence electrons. The van der Waals surface area contributed by atoms with Gasteiger partial charge in [-0.05, 0) is 20.9 Å². The Hall–Kier alpha value is -1.63. The molecule has 7 nitrogen and oxygen atoms in total. The average Bonchev–Trinajstić information content (AvgIpc) is 2.38. The van der Waals surface area contributed by atoms with Crippen molar-refractivity contribution in [1.82, 2.24) is 19.9 Å². The molecular weight excluding hydrogens is 254 g/mol. The summed E-state index contributed by atoms with van der Waals surface area (Å²) in [6.45, 7) is 8.05. The maximum absolute atomic E-state index is 4.59. The first-order valence-corrected chi connectivity index (χ1v) is 7.13. The average molecular weight is 279 g/mol. The van der Waals surface area contributed by atoms with Gasteiger partial charge in [0, 0.05) is 46.3 Å². The zero-order valence-corrected chi connectivity index (χ0v) is 13.1. The minimum absolute atomic E-state index is 0.403. The molecule has 1 N–H and O–H groups in total. The monoisotopic (exact) mass is 279 g/mol. The van der Waals surface area contributed by atoms with Crippen molar-refractivity contribution in [2.75, 3.05) is 62.4 Å². The number of likely N-dealkylation sites (N-methyl/N-ethyl adjacent to an activating group) is 1. The van der Waals surface area contributed by atoms with E-state index < -0.39 is 0 Å². The Bertz CT molecular complexity index is 448. The van der Waals surface area contributed by atoms with E-state index in [1.165, 1.54) is 0 Å². The second-order valence-electron chi connectivity index (χ2n) is 5.49. The second kappa shape index (κ2) is 6.21. The van der Waals surface area contributed by atoms with Gasteiger partial charge in [-0.25, -0.2) is 0 Å². The van der Waals surface area contributed by atoms with Gasteiger partial charge in [0.25, 0.3) is 0 Å². The quantitative estimate of drug-likeness (QED) is 0.861. The van der Waals surface area contributed by atoms with Crippen molar-refractivity contribution in [2.45, 2.75) is 19.9 Å². The molecule has 0 amide bonds. The smallest absolute Gasteiger partial charge is 0.232 e. The number of anilines is 3. The minimum Gasteiger partial charge on any atom is -0.354 e. The fourth-order valence-corrected chi connectivity index (χ4v) is 2.36. The lowest BCUT2D eigenvalue weighted by Gasteiger charge is -2.38. The van der Waals surface area contributed by atoms with Crippen LogP contribution in [0.2, 0.25) is 0 Å². The van der Waals surface area contributed by atoms with E-state index in [1.807, 2.05) is 25.9 Å². The molecule has 20 heavy (non-hydrogen) atoms. The summed E-state index contributed by atoms with van der Waals surface area (Å²) in [6.07, 6.45) is 0. The third kappa shape index (κ3) is 3.27. The van der Waals surface area contributed by atoms with Gasteiger partial charge < -0.3 is 20.0 Å². The molecule has 1 unspecified atom stereocenters. The largest absolute Gasteiger partial charge is 0.354 e. The van der Waals surface area contributed by atoms with E-state index in [0.29, 0.717) is 17.9 Å². The van der Waals surface area contributed by atoms with Gasteiger partial charge in [-0.2, -0.15) is 15.0 Å². The minimum atomic E-state index is 0.403. The second-order valence-corrected chi connectivity index (χ2v) is 5.49. The SMILES string of the molecule is CCNc1nc(N(C)C)nc(N2CCN(C)CC2C)n1. The lowest BCUT2D eigenvalue weighted by molar-refractivity contribution is 0.273. The van der Waals surface area contributed by atoms with Crippen molar-refractivity contribution < 1.29 is 0 Å². The van der Waals surface area contributed by atoms with E-state index in [4.69, 9.17) is 0 Å². The highest BCUT2D eigenvalue weighted by Crippen LogP contribution is 2.19. The van der Waals surface area contributed by atoms with Gasteiger partial charge in [0.2, 0.25) is 17.8 Å². The van der Waals surface area contributed by atoms with Gasteiger partial charge in [-0.1, -0.05) is 0 Å². The maximum Gasteiger partial charge on any atom is 0.232 e. The summed E-state index contributed by atoms with van der Waals surface area (Å²) in [5.74, 6) is 2.10. The number of aromatic nitrogens is 3. The molecule has 1 aliphatic rings. The van der Waals surface area contributed by atoms with Crippen LogP contribution in [-0.4, -0.2) is 73.2 Å². The Kier molecular flexibility index (Phi) is 4.59. The van der Waals surface area contributed by atoms with Crippen LogP contribution in [0.1, 0.15) is 13.8 Å². The third-order valence-electron chi connectivity index (χ3n) is 3.43. The summed E-state index contributed by atoms with van der Waals surface area (Å²) in [5, 5.41) is 3.18. The lowest BCUT2D eigenvalue weighted by atomic mass is 10.2. The molecule has 7 heteroatoms. The fourth-order valence-electron chi connectivity index (χ4n) is 2.36. The number of nitrogens with one attached hydrogen (secondary N) is 1. The Morgan fingerprint density at radius 1 is 1.25 bits per heavy atom. The van der Waals surface area contributed by atoms with E-state index in [2.05, 4.69) is 44.0 Å². The molecule has 0 spiro atoms. The van der Waals surface area contributed by atoms with Crippen molar-refractivity contribution in [2.24, 2.45) is 0 Å². The molecule has 0 aromatic carbocycles. The number of hydrogen-bond donors (Lipinski definition) is 1. The molecule has 0 bridgehead atoms. The van der Waals surface area contributed by atoms with E-state index in [-0.39, 0.29) is 0 Å². The Balaban J connectivity index is 2.29. The predicted octanol–water partition coefficient (Wildman–Crippen LogP) is 0.510. The van der Waals surface area contributed by atoms with Gasteiger partial charge in [0.1, 0.15) is 0 Å². The highest BCUT2D eigenvalue weighted by atomic mass is 15.4. The highest BCUT2D eigenvalue weighted by Gasteiger charge is 2.24. The van der Waals surface area contributed by atoms with Crippen molar-refractivity contribution in [3.05, 3.63) is 0 Å². The number of rotatable bonds is 4. The zero-order chi connectivity index (χ0) is 14.7. The molecule has 0 aliphatic carbocycles. The van der Waals surface area contributed by atoms with Crippen molar-refractivity contribution in [3.63, 3.8) is 0 Å². The van der Waals surface area contributed by atoms with Crippen LogP contribution >= 0.6 is 0 Å². The molecule has 2 rings (SSSR count). The lowest BCUT2D eigenvalue weighted by Crippen LogP contribution is -2.51. The van der Waals surface area contributed by atoms with Gasteiger partial charge in [0.05, 0.1) is 0 Å². The van der Waals surface area contributed by atoms with Crippen LogP contribution in [0.4, 0.5) is 17.8 Å². The summed E-state index contributed by atoms with van der Waals surface area (Å²) in [4.78, 5) is 20.1. The molecule has 0 saturated carbocycles. The first-order valence-electron chi connectivity index (χ1n) is 7.13. The first-order chi connectivity index (χ1) is 9.51. The van der Waals surface area contributed by atoms with Crippen LogP contribution < -0.4 is 15.1 Å². The number of hydrogen-bond acceptors (Lipinski definition) is 7. The Morgan fingerprint density at radius 3 is 2.60 bits per heavy atom. The van der Waals surface area contributed by atoms with Crippen LogP contribution in [0.25, 0.3) is 0 Å². The fraction of sp³-hybridized carbons (Fsp3) is 0.769. The van der Waals surface area contributed by atoms with Crippen LogP contribution in [0.15, 0.2) is 0 Å². The highest BCUT2D eigenvalue weighted by molar-refractivity contribution is 5.45. The topological polar surface area (TPSA) is 60.4 Å². The van der Waals surface area contributed by atoms with Gasteiger partial charge in [0.15, 0.2) is 0 Å². The summed E-state index contributed by atoms with van der Waals surface area (Å²) in [5.41, 5.74) is 0. The molecule has 1 aromatic heterocycles. The molecular formula is C13H25N7. The molecule has 1 aromatic rings. The van der Waals surface area contributed by atoms with Gasteiger partial charge >= 0.3 is 0 Å². The predicted molar refractivity (Wildman–Crippen MR) is 82.6 cm³/mol. The summed E-state index contributed by atoms with van der Waals surface area (Å²) >= 11 is 0. The van der Waals surface area contributed by atoms with Gasteiger partial charge in [-0.3, -0.25) is 0 Å². The van der Waals surface area contributed by atoms with E-state index >= 15 is 0 Å². The Labute approximate surface area is 121 Å². The van der Waals surface area contributed by atoms with E-state index in [0.717, 1.165) is 32.1 Å². The van der Waals surface area contributed by atoms with Crippen LogP contribution in [-0.2, 0) is 0 Å². The molecule has 2 heterocycles. The van der Waals surface area contributed by atoms with Gasteiger partial charge in [-0.15, -0.1) is 0 Å². The number of nitrogens with zero attached hydrogens (tertiary/aromatic N) is 6. The summed E-state index contributed by atoms with van der Waals surface area (Å²) in [6, 6.07) is 0.403. The molecule has 1 saturated heterocycles. The van der Waals surface area contributed by atoms with Crippen LogP contribution in [0, 0.1) is 0 Å². The summed E-state index contributed by atoms with van der Waals surface area (Å²) in [7, 11) is 6.04. The van der Waals surface area contributed by atoms with Crippen LogP contribution in [0.5, 0.6) is 0 Å². The molecule has 1 aliphatic heterocycles. The normalized spacial score (nSPS) is 20.1. The Morgan fingerprint density at radius 2 is 2.00 bits per heavy atom. The van der Waals surface area contributed by atoms with E-state index in [1.54, 1.807) is 0 Å². The van der Waals surface area contributed by atoms with E-state index in [9.17, 15) is 0 Å². The maximum atomic E-state index is 4.59. The van der Waals surface area contributed by atoms with Crippen molar-refractivity contribution >= 4 is 17.8 Å². The molecule has 1 fully saturated rings. The molecule has 1 atom stereocenters. The molecule has 0 radical (unpaired) electrons. The number of piperazine rings is 1. The van der Waals surface area contributed by atoms with Crippen molar-refractivity contribution in [1.29, 1.82) is 0 Å². The summed E-state index contributed by atoms with van der Waals surface area (Å²) < 4.78 is 0.